The van der Waals surface area contributed by atoms with E-state index >= 15 is 0 Å². The molecule has 0 radical (unpaired) electrons. The minimum atomic E-state index is -1.09. The lowest BCUT2D eigenvalue weighted by Gasteiger charge is -2.08. The van der Waals surface area contributed by atoms with Gasteiger partial charge in [-0.1, -0.05) is 11.6 Å². The van der Waals surface area contributed by atoms with Crippen molar-refractivity contribution >= 4 is 29.2 Å². The fraction of sp³-hybridized carbons (Fsp3) is 0.0667. The molecule has 0 spiro atoms. The number of rotatable bonds is 4. The normalized spacial score (nSPS) is 10.3. The van der Waals surface area contributed by atoms with Crippen LogP contribution in [0.25, 0.3) is 0 Å². The lowest BCUT2D eigenvalue weighted by molar-refractivity contribution is -0.119. The number of carbonyl (C=O) groups excluding carboxylic acids is 2. The van der Waals surface area contributed by atoms with Gasteiger partial charge in [0, 0.05) is 11.1 Å². The van der Waals surface area contributed by atoms with Crippen LogP contribution in [0.2, 0.25) is 5.02 Å². The maximum atomic E-state index is 13.5. The number of ether oxygens (including phenoxy) is 1. The zero-order valence-corrected chi connectivity index (χ0v) is 12.2. The fourth-order valence-electron chi connectivity index (χ4n) is 1.64. The zero-order chi connectivity index (χ0) is 17.0. The molecule has 0 aromatic heterocycles. The van der Waals surface area contributed by atoms with E-state index in [4.69, 9.17) is 11.6 Å². The van der Waals surface area contributed by atoms with Crippen molar-refractivity contribution in [2.75, 3.05) is 11.9 Å². The van der Waals surface area contributed by atoms with Gasteiger partial charge in [-0.15, -0.1) is 0 Å². The molecule has 1 N–H and O–H groups in total. The van der Waals surface area contributed by atoms with Crippen molar-refractivity contribution in [3.8, 4) is 0 Å². The quantitative estimate of drug-likeness (QED) is 0.864. The van der Waals surface area contributed by atoms with Crippen molar-refractivity contribution in [3.63, 3.8) is 0 Å². The summed E-state index contributed by atoms with van der Waals surface area (Å²) in [7, 11) is 0. The first-order valence-corrected chi connectivity index (χ1v) is 6.61. The highest BCUT2D eigenvalue weighted by Crippen LogP contribution is 2.16. The molecule has 0 aliphatic heterocycles. The Hall–Kier alpha value is -2.54. The number of halogens is 4. The average molecular weight is 344 g/mol. The molecule has 0 saturated carbocycles. The standard InChI is InChI=1S/C15H9ClF3NO3/c16-8-1-3-10(12(19)5-8)15(22)23-7-14(21)20-13-6-9(17)2-4-11(13)18/h1-6H,7H2,(H,20,21). The minimum absolute atomic E-state index is 0.0957. The number of hydrogen-bond donors (Lipinski definition) is 1. The summed E-state index contributed by atoms with van der Waals surface area (Å²) < 4.78 is 44.4. The summed E-state index contributed by atoms with van der Waals surface area (Å²) in [5, 5.41) is 2.13. The van der Waals surface area contributed by atoms with Crippen molar-refractivity contribution in [1.82, 2.24) is 0 Å². The lowest BCUT2D eigenvalue weighted by atomic mass is 10.2. The van der Waals surface area contributed by atoms with Gasteiger partial charge in [0.1, 0.15) is 17.5 Å². The Morgan fingerprint density at radius 3 is 2.48 bits per heavy atom. The smallest absolute Gasteiger partial charge is 0.341 e. The summed E-state index contributed by atoms with van der Waals surface area (Å²) in [4.78, 5) is 23.2. The van der Waals surface area contributed by atoms with Crippen molar-refractivity contribution in [2.24, 2.45) is 0 Å². The van der Waals surface area contributed by atoms with E-state index in [0.717, 1.165) is 30.3 Å². The molecule has 0 heterocycles. The summed E-state index contributed by atoms with van der Waals surface area (Å²) in [5.74, 6) is -4.50. The Morgan fingerprint density at radius 1 is 1.04 bits per heavy atom. The van der Waals surface area contributed by atoms with Crippen molar-refractivity contribution < 1.29 is 27.5 Å². The van der Waals surface area contributed by atoms with Crippen LogP contribution in [0.4, 0.5) is 18.9 Å². The van der Waals surface area contributed by atoms with E-state index in [9.17, 15) is 22.8 Å². The third kappa shape index (κ3) is 4.46. The van der Waals surface area contributed by atoms with E-state index in [2.05, 4.69) is 4.74 Å². The van der Waals surface area contributed by atoms with Crippen LogP contribution < -0.4 is 5.32 Å². The van der Waals surface area contributed by atoms with Gasteiger partial charge in [0.15, 0.2) is 6.61 Å². The number of amides is 1. The lowest BCUT2D eigenvalue weighted by Crippen LogP contribution is -2.22. The summed E-state index contributed by atoms with van der Waals surface area (Å²) >= 11 is 5.54. The second-order valence-electron chi connectivity index (χ2n) is 4.37. The van der Waals surface area contributed by atoms with E-state index in [0.29, 0.717) is 0 Å². The van der Waals surface area contributed by atoms with Crippen LogP contribution in [0.15, 0.2) is 36.4 Å². The molecule has 1 amide bonds. The van der Waals surface area contributed by atoms with Gasteiger partial charge in [-0.25, -0.2) is 18.0 Å². The first-order chi connectivity index (χ1) is 10.9. The van der Waals surface area contributed by atoms with Gasteiger partial charge in [0.2, 0.25) is 0 Å². The third-order valence-corrected chi connectivity index (χ3v) is 2.92. The average Bonchev–Trinajstić information content (AvgIpc) is 2.48. The largest absolute Gasteiger partial charge is 0.452 e. The molecular weight excluding hydrogens is 335 g/mol. The molecule has 120 valence electrons. The first kappa shape index (κ1) is 16.8. The highest BCUT2D eigenvalue weighted by molar-refractivity contribution is 6.30. The van der Waals surface area contributed by atoms with Gasteiger partial charge in [0.05, 0.1) is 11.3 Å². The predicted molar refractivity (Wildman–Crippen MR) is 76.7 cm³/mol. The van der Waals surface area contributed by atoms with E-state index in [1.807, 2.05) is 5.32 Å². The fourth-order valence-corrected chi connectivity index (χ4v) is 1.80. The molecule has 8 heteroatoms. The van der Waals surface area contributed by atoms with Crippen LogP contribution in [-0.2, 0) is 9.53 Å². The molecule has 2 aromatic carbocycles. The number of hydrogen-bond acceptors (Lipinski definition) is 3. The summed E-state index contributed by atoms with van der Waals surface area (Å²) in [6.45, 7) is -0.795. The van der Waals surface area contributed by atoms with Crippen LogP contribution in [0, 0.1) is 17.5 Å². The van der Waals surface area contributed by atoms with Crippen molar-refractivity contribution in [2.45, 2.75) is 0 Å². The Morgan fingerprint density at radius 2 is 1.78 bits per heavy atom. The second kappa shape index (κ2) is 7.15. The van der Waals surface area contributed by atoms with E-state index in [-0.39, 0.29) is 5.02 Å². The molecule has 0 fully saturated rings. The van der Waals surface area contributed by atoms with Crippen molar-refractivity contribution in [3.05, 3.63) is 64.4 Å². The molecular formula is C15H9ClF3NO3. The molecule has 2 rings (SSSR count). The Balaban J connectivity index is 1.96. The summed E-state index contributed by atoms with van der Waals surface area (Å²) in [6, 6.07) is 5.79. The van der Waals surface area contributed by atoms with Gasteiger partial charge in [-0.2, -0.15) is 0 Å². The van der Waals surface area contributed by atoms with Crippen molar-refractivity contribution in [1.29, 1.82) is 0 Å². The molecule has 0 bridgehead atoms. The van der Waals surface area contributed by atoms with Crippen LogP contribution in [0.5, 0.6) is 0 Å². The monoisotopic (exact) mass is 343 g/mol. The first-order valence-electron chi connectivity index (χ1n) is 6.24. The molecule has 0 atom stereocenters. The predicted octanol–water partition coefficient (Wildman–Crippen LogP) is 3.55. The molecule has 2 aromatic rings. The number of anilines is 1. The van der Waals surface area contributed by atoms with Gasteiger partial charge >= 0.3 is 5.97 Å². The SMILES string of the molecule is O=C(COC(=O)c1ccc(Cl)cc1F)Nc1cc(F)ccc1F. The molecule has 0 aliphatic carbocycles. The van der Waals surface area contributed by atoms with Gasteiger partial charge in [-0.05, 0) is 30.3 Å². The third-order valence-electron chi connectivity index (χ3n) is 2.69. The van der Waals surface area contributed by atoms with Gasteiger partial charge in [-0.3, -0.25) is 4.79 Å². The van der Waals surface area contributed by atoms with Crippen LogP contribution >= 0.6 is 11.6 Å². The molecule has 0 aliphatic rings. The topological polar surface area (TPSA) is 55.4 Å². The maximum Gasteiger partial charge on any atom is 0.341 e. The number of benzene rings is 2. The van der Waals surface area contributed by atoms with Gasteiger partial charge < -0.3 is 10.1 Å². The van der Waals surface area contributed by atoms with Crippen LogP contribution in [0.3, 0.4) is 0 Å². The zero-order valence-electron chi connectivity index (χ0n) is 11.4. The summed E-state index contributed by atoms with van der Waals surface area (Å²) in [6.07, 6.45) is 0. The Labute approximate surface area is 133 Å². The van der Waals surface area contributed by atoms with E-state index in [1.54, 1.807) is 0 Å². The maximum absolute atomic E-state index is 13.5. The number of esters is 1. The molecule has 0 unspecified atom stereocenters. The highest BCUT2D eigenvalue weighted by Gasteiger charge is 2.16. The Kier molecular flexibility index (Phi) is 5.23. The summed E-state index contributed by atoms with van der Waals surface area (Å²) in [5.41, 5.74) is -0.803. The van der Waals surface area contributed by atoms with Gasteiger partial charge in [0.25, 0.3) is 5.91 Å². The highest BCUT2D eigenvalue weighted by atomic mass is 35.5. The van der Waals surface area contributed by atoms with E-state index in [1.165, 1.54) is 6.07 Å². The van der Waals surface area contributed by atoms with E-state index < -0.39 is 47.2 Å². The number of carbonyl (C=O) groups is 2. The van der Waals surface area contributed by atoms with Crippen LogP contribution in [-0.4, -0.2) is 18.5 Å². The minimum Gasteiger partial charge on any atom is -0.452 e. The molecule has 23 heavy (non-hydrogen) atoms. The molecule has 0 saturated heterocycles. The van der Waals surface area contributed by atoms with Crippen LogP contribution in [0.1, 0.15) is 10.4 Å². The Bertz CT molecular complexity index is 768. The second-order valence-corrected chi connectivity index (χ2v) is 4.81. The molecule has 4 nitrogen and oxygen atoms in total. The number of nitrogens with one attached hydrogen (secondary N) is 1.